The van der Waals surface area contributed by atoms with Crippen molar-refractivity contribution >= 4 is 17.7 Å². The summed E-state index contributed by atoms with van der Waals surface area (Å²) < 4.78 is 18.4. The van der Waals surface area contributed by atoms with Crippen LogP contribution in [0.2, 0.25) is 0 Å². The molecule has 0 unspecified atom stereocenters. The van der Waals surface area contributed by atoms with Gasteiger partial charge >= 0.3 is 0 Å². The lowest BCUT2D eigenvalue weighted by Crippen LogP contribution is -2.60. The average Bonchev–Trinajstić information content (AvgIpc) is 2.60. The number of piperazine rings is 1. The minimum Gasteiger partial charge on any atom is -0.493 e. The number of nitrogens with zero attached hydrogens (tertiary/aromatic N) is 2. The Morgan fingerprint density at radius 2 is 2.08 bits per heavy atom. The Balaban J connectivity index is 1.89. The van der Waals surface area contributed by atoms with Crippen LogP contribution in [0.1, 0.15) is 13.3 Å². The molecule has 1 aromatic carbocycles. The van der Waals surface area contributed by atoms with Crippen LogP contribution in [-0.2, 0) is 14.4 Å². The number of carbonyl (C=O) groups is 3. The van der Waals surface area contributed by atoms with Gasteiger partial charge in [-0.05, 0) is 12.1 Å². The number of likely N-dealkylation sites (N-methyl/N-ethyl adjacent to an activating group) is 1. The average molecular weight is 351 g/mol. The van der Waals surface area contributed by atoms with Crippen molar-refractivity contribution < 1.29 is 23.5 Å². The number of hydrogen-bond donors (Lipinski definition) is 1. The zero-order chi connectivity index (χ0) is 18.4. The third-order valence-electron chi connectivity index (χ3n) is 4.07. The van der Waals surface area contributed by atoms with Crippen molar-refractivity contribution in [2.45, 2.75) is 19.4 Å². The Kier molecular flexibility index (Phi) is 6.32. The van der Waals surface area contributed by atoms with E-state index in [1.54, 1.807) is 11.0 Å². The number of ether oxygens (including phenoxy) is 1. The second kappa shape index (κ2) is 8.46. The Hall–Kier alpha value is -2.64. The predicted octanol–water partition coefficient (Wildman–Crippen LogP) is 0.400. The summed E-state index contributed by atoms with van der Waals surface area (Å²) in [7, 11) is 1.49. The van der Waals surface area contributed by atoms with Crippen LogP contribution in [0.5, 0.6) is 5.75 Å². The largest absolute Gasteiger partial charge is 0.493 e. The molecular weight excluding hydrogens is 329 g/mol. The summed E-state index contributed by atoms with van der Waals surface area (Å²) in [5.74, 6) is -0.720. The first-order chi connectivity index (χ1) is 11.9. The highest BCUT2D eigenvalue weighted by atomic mass is 19.1. The summed E-state index contributed by atoms with van der Waals surface area (Å²) >= 11 is 0. The smallest absolute Gasteiger partial charge is 0.244 e. The second-order valence-corrected chi connectivity index (χ2v) is 5.74. The fraction of sp³-hybridized carbons (Fsp3) is 0.471. The molecule has 0 saturated carbocycles. The monoisotopic (exact) mass is 351 g/mol. The van der Waals surface area contributed by atoms with E-state index < -0.39 is 11.9 Å². The minimum atomic E-state index is -0.690. The summed E-state index contributed by atoms with van der Waals surface area (Å²) in [5, 5.41) is 2.52. The molecule has 0 spiro atoms. The van der Waals surface area contributed by atoms with E-state index >= 15 is 0 Å². The zero-order valence-corrected chi connectivity index (χ0v) is 14.3. The van der Waals surface area contributed by atoms with Crippen LogP contribution in [0.15, 0.2) is 24.3 Å². The van der Waals surface area contributed by atoms with Gasteiger partial charge in [0.1, 0.15) is 17.6 Å². The predicted molar refractivity (Wildman–Crippen MR) is 88.3 cm³/mol. The van der Waals surface area contributed by atoms with E-state index in [0.29, 0.717) is 18.8 Å². The van der Waals surface area contributed by atoms with Gasteiger partial charge in [-0.1, -0.05) is 6.07 Å². The van der Waals surface area contributed by atoms with Crippen molar-refractivity contribution in [1.82, 2.24) is 15.1 Å². The summed E-state index contributed by atoms with van der Waals surface area (Å²) in [4.78, 5) is 39.0. The van der Waals surface area contributed by atoms with Crippen molar-refractivity contribution in [1.29, 1.82) is 0 Å². The van der Waals surface area contributed by atoms with Crippen LogP contribution in [0.4, 0.5) is 4.39 Å². The molecule has 7 nitrogen and oxygen atoms in total. The molecule has 1 aromatic rings. The van der Waals surface area contributed by atoms with Crippen molar-refractivity contribution in [2.75, 3.05) is 33.3 Å². The fourth-order valence-electron chi connectivity index (χ4n) is 2.75. The van der Waals surface area contributed by atoms with Gasteiger partial charge in [0.05, 0.1) is 19.6 Å². The summed E-state index contributed by atoms with van der Waals surface area (Å²) in [6, 6.07) is 5.01. The van der Waals surface area contributed by atoms with Crippen LogP contribution in [0.3, 0.4) is 0 Å². The first-order valence-electron chi connectivity index (χ1n) is 8.07. The summed E-state index contributed by atoms with van der Waals surface area (Å²) in [6.45, 7) is 2.34. The molecular formula is C17H22FN3O4. The molecule has 1 atom stereocenters. The first-order valence-corrected chi connectivity index (χ1v) is 8.07. The number of halogens is 1. The van der Waals surface area contributed by atoms with E-state index in [-0.39, 0.29) is 37.3 Å². The molecule has 0 radical (unpaired) electrons. The maximum absolute atomic E-state index is 13.1. The first kappa shape index (κ1) is 18.7. The van der Waals surface area contributed by atoms with Crippen LogP contribution in [-0.4, -0.2) is 66.9 Å². The molecule has 0 bridgehead atoms. The zero-order valence-electron chi connectivity index (χ0n) is 14.3. The van der Waals surface area contributed by atoms with Crippen molar-refractivity contribution in [2.24, 2.45) is 0 Å². The molecule has 3 amide bonds. The van der Waals surface area contributed by atoms with E-state index in [0.717, 1.165) is 0 Å². The highest BCUT2D eigenvalue weighted by Crippen LogP contribution is 2.14. The standard InChI is InChI=1S/C17H22FN3O4/c1-12(22)21-8-7-20(11-15(21)17(24)19-2)16(23)6-9-25-14-5-3-4-13(18)10-14/h3-5,10,15H,6-9,11H2,1-2H3,(H,19,24)/t15-/m0/s1. The fourth-order valence-corrected chi connectivity index (χ4v) is 2.75. The van der Waals surface area contributed by atoms with E-state index in [4.69, 9.17) is 4.74 Å². The quantitative estimate of drug-likeness (QED) is 0.833. The maximum Gasteiger partial charge on any atom is 0.244 e. The minimum absolute atomic E-state index is 0.108. The highest BCUT2D eigenvalue weighted by molar-refractivity contribution is 5.88. The van der Waals surface area contributed by atoms with Gasteiger partial charge in [-0.25, -0.2) is 4.39 Å². The maximum atomic E-state index is 13.1. The molecule has 1 aliphatic heterocycles. The molecule has 1 N–H and O–H groups in total. The van der Waals surface area contributed by atoms with E-state index in [1.807, 2.05) is 0 Å². The SMILES string of the molecule is CNC(=O)[C@@H]1CN(C(=O)CCOc2cccc(F)c2)CCN1C(C)=O. The van der Waals surface area contributed by atoms with E-state index in [2.05, 4.69) is 5.32 Å². The molecule has 1 heterocycles. The third-order valence-corrected chi connectivity index (χ3v) is 4.07. The van der Waals surface area contributed by atoms with E-state index in [9.17, 15) is 18.8 Å². The lowest BCUT2D eigenvalue weighted by molar-refractivity contribution is -0.147. The van der Waals surface area contributed by atoms with Crippen LogP contribution in [0.25, 0.3) is 0 Å². The van der Waals surface area contributed by atoms with Crippen LogP contribution < -0.4 is 10.1 Å². The van der Waals surface area contributed by atoms with Gasteiger partial charge in [0, 0.05) is 33.1 Å². The molecule has 0 aliphatic carbocycles. The van der Waals surface area contributed by atoms with Gasteiger partial charge in [-0.2, -0.15) is 0 Å². The molecule has 0 aromatic heterocycles. The van der Waals surface area contributed by atoms with Gasteiger partial charge < -0.3 is 19.9 Å². The van der Waals surface area contributed by atoms with Crippen LogP contribution in [0, 0.1) is 5.82 Å². The van der Waals surface area contributed by atoms with Gasteiger partial charge in [0.2, 0.25) is 17.7 Å². The Morgan fingerprint density at radius 3 is 2.72 bits per heavy atom. The lowest BCUT2D eigenvalue weighted by atomic mass is 10.1. The molecule has 136 valence electrons. The number of hydrogen-bond acceptors (Lipinski definition) is 4. The third kappa shape index (κ3) is 4.91. The molecule has 25 heavy (non-hydrogen) atoms. The molecule has 1 fully saturated rings. The van der Waals surface area contributed by atoms with Crippen molar-refractivity contribution in [3.05, 3.63) is 30.1 Å². The molecule has 1 saturated heterocycles. The number of amides is 3. The Bertz CT molecular complexity index is 653. The number of benzene rings is 1. The normalized spacial score (nSPS) is 17.2. The number of carbonyl (C=O) groups excluding carboxylic acids is 3. The molecule has 1 aliphatic rings. The summed E-state index contributed by atoms with van der Waals surface area (Å²) in [6.07, 6.45) is 0.108. The summed E-state index contributed by atoms with van der Waals surface area (Å²) in [5.41, 5.74) is 0. The van der Waals surface area contributed by atoms with Gasteiger partial charge in [-0.3, -0.25) is 14.4 Å². The van der Waals surface area contributed by atoms with E-state index in [1.165, 1.54) is 37.1 Å². The van der Waals surface area contributed by atoms with Gasteiger partial charge in [0.25, 0.3) is 0 Å². The highest BCUT2D eigenvalue weighted by Gasteiger charge is 2.34. The van der Waals surface area contributed by atoms with Gasteiger partial charge in [-0.15, -0.1) is 0 Å². The molecule has 2 rings (SSSR count). The van der Waals surface area contributed by atoms with Crippen LogP contribution >= 0.6 is 0 Å². The van der Waals surface area contributed by atoms with Crippen molar-refractivity contribution in [3.63, 3.8) is 0 Å². The van der Waals surface area contributed by atoms with Crippen molar-refractivity contribution in [3.8, 4) is 5.75 Å². The second-order valence-electron chi connectivity index (χ2n) is 5.74. The molecule has 8 heteroatoms. The Labute approximate surface area is 145 Å². The van der Waals surface area contributed by atoms with Gasteiger partial charge in [0.15, 0.2) is 0 Å². The number of nitrogens with one attached hydrogen (secondary N) is 1. The topological polar surface area (TPSA) is 79.0 Å². The lowest BCUT2D eigenvalue weighted by Gasteiger charge is -2.40. The number of rotatable bonds is 5. The Morgan fingerprint density at radius 1 is 1.32 bits per heavy atom.